The van der Waals surface area contributed by atoms with Crippen molar-refractivity contribution < 1.29 is 28.5 Å². The Kier molecular flexibility index (Phi) is 5.12. The maximum Gasteiger partial charge on any atom is 0.408 e. The number of rotatable bonds is 6. The van der Waals surface area contributed by atoms with Gasteiger partial charge < -0.3 is 24.3 Å². The predicted octanol–water partition coefficient (Wildman–Crippen LogP) is 3.39. The summed E-state index contributed by atoms with van der Waals surface area (Å²) in [6, 6.07) is 14.9. The van der Waals surface area contributed by atoms with E-state index in [2.05, 4.69) is 24.0 Å². The molecular formula is C25H25NO6. The molecule has 3 saturated heterocycles. The summed E-state index contributed by atoms with van der Waals surface area (Å²) >= 11 is 0. The second-order valence-corrected chi connectivity index (χ2v) is 8.79. The molecule has 1 amide bonds. The zero-order valence-corrected chi connectivity index (χ0v) is 17.8. The molecule has 3 heterocycles. The van der Waals surface area contributed by atoms with E-state index in [4.69, 9.17) is 18.9 Å². The van der Waals surface area contributed by atoms with Gasteiger partial charge in [-0.3, -0.25) is 4.79 Å². The summed E-state index contributed by atoms with van der Waals surface area (Å²) in [6.07, 6.45) is 0.359. The third-order valence-corrected chi connectivity index (χ3v) is 6.31. The van der Waals surface area contributed by atoms with Gasteiger partial charge in [-0.1, -0.05) is 62.0 Å². The first kappa shape index (κ1) is 20.9. The number of ether oxygens (including phenoxy) is 4. The molecule has 166 valence electrons. The molecule has 4 aliphatic rings. The fourth-order valence-electron chi connectivity index (χ4n) is 4.53. The van der Waals surface area contributed by atoms with Crippen molar-refractivity contribution in [2.45, 2.75) is 24.9 Å². The molecule has 7 heteroatoms. The lowest BCUT2D eigenvalue weighted by atomic mass is 9.90. The van der Waals surface area contributed by atoms with Gasteiger partial charge in [0.25, 0.3) is 0 Å². The predicted molar refractivity (Wildman–Crippen MR) is 116 cm³/mol. The highest BCUT2D eigenvalue weighted by Crippen LogP contribution is 2.44. The molecule has 0 spiro atoms. The van der Waals surface area contributed by atoms with Crippen molar-refractivity contribution >= 4 is 11.9 Å². The molecule has 0 aromatic heterocycles. The number of alkyl carbamates (subject to hydrolysis) is 1. The fraction of sp³-hybridized carbons (Fsp3) is 0.360. The summed E-state index contributed by atoms with van der Waals surface area (Å²) < 4.78 is 22.8. The number of benzene rings is 2. The average Bonchev–Trinajstić information content (AvgIpc) is 3.15. The summed E-state index contributed by atoms with van der Waals surface area (Å²) in [5.74, 6) is -2.24. The van der Waals surface area contributed by atoms with Crippen LogP contribution in [0.1, 0.15) is 24.0 Å². The van der Waals surface area contributed by atoms with Gasteiger partial charge >= 0.3 is 12.1 Å². The lowest BCUT2D eigenvalue weighted by Crippen LogP contribution is -2.69. The first-order chi connectivity index (χ1) is 15.4. The third-order valence-electron chi connectivity index (χ3n) is 6.31. The highest BCUT2D eigenvalue weighted by Gasteiger charge is 2.57. The standard InChI is InChI=1S/C25H25NO6/c1-3-21(27)22(25-30-13-24(2,14-31-25)15-32-25)26-23(28)29-12-20-18-10-6-4-8-16(18)17-9-5-7-11-19(17)20/h3-11,20,22H,1,12-15H2,2H3,(H,26,28)/t22-,24?,25?/m0/s1. The van der Waals surface area contributed by atoms with E-state index >= 15 is 0 Å². The van der Waals surface area contributed by atoms with Gasteiger partial charge in [-0.2, -0.15) is 0 Å². The van der Waals surface area contributed by atoms with Gasteiger partial charge in [0.2, 0.25) is 0 Å². The maximum absolute atomic E-state index is 12.7. The van der Waals surface area contributed by atoms with E-state index in [-0.39, 0.29) is 17.9 Å². The number of amides is 1. The average molecular weight is 435 g/mol. The first-order valence-electron chi connectivity index (χ1n) is 10.6. The SMILES string of the molecule is C=CC(=O)[C@H](NC(=O)OCC1c2ccccc2-c2ccccc21)C12OCC(C)(CO1)CO2. The molecule has 6 rings (SSSR count). The van der Waals surface area contributed by atoms with Crippen LogP contribution >= 0.6 is 0 Å². The Balaban J connectivity index is 1.31. The van der Waals surface area contributed by atoms with Gasteiger partial charge in [0.15, 0.2) is 11.8 Å². The van der Waals surface area contributed by atoms with E-state index in [1.807, 2.05) is 43.3 Å². The minimum atomic E-state index is -1.67. The van der Waals surface area contributed by atoms with Gasteiger partial charge in [-0.25, -0.2) is 4.79 Å². The summed E-state index contributed by atoms with van der Waals surface area (Å²) in [4.78, 5) is 25.3. The highest BCUT2D eigenvalue weighted by molar-refractivity contribution is 5.96. The van der Waals surface area contributed by atoms with Crippen LogP contribution in [0.15, 0.2) is 61.2 Å². The van der Waals surface area contributed by atoms with Crippen molar-refractivity contribution in [1.29, 1.82) is 0 Å². The zero-order chi connectivity index (χ0) is 22.3. The molecule has 3 aliphatic heterocycles. The Labute approximate surface area is 186 Å². The molecular weight excluding hydrogens is 410 g/mol. The quantitative estimate of drug-likeness (QED) is 0.701. The van der Waals surface area contributed by atoms with Crippen molar-refractivity contribution in [2.24, 2.45) is 5.41 Å². The number of nitrogens with one attached hydrogen (secondary N) is 1. The molecule has 1 aliphatic carbocycles. The molecule has 2 bridgehead atoms. The molecule has 3 fully saturated rings. The summed E-state index contributed by atoms with van der Waals surface area (Å²) in [5.41, 5.74) is 4.21. The van der Waals surface area contributed by atoms with Crippen LogP contribution in [0, 0.1) is 5.41 Å². The number of carbonyl (C=O) groups is 2. The summed E-state index contributed by atoms with van der Waals surface area (Å²) in [6.45, 7) is 6.71. The molecule has 1 atom stereocenters. The second-order valence-electron chi connectivity index (χ2n) is 8.79. The van der Waals surface area contributed by atoms with Crippen LogP contribution in [-0.2, 0) is 23.7 Å². The van der Waals surface area contributed by atoms with Crippen LogP contribution in [0.4, 0.5) is 4.79 Å². The Morgan fingerprint density at radius 1 is 1.06 bits per heavy atom. The molecule has 1 N–H and O–H groups in total. The topological polar surface area (TPSA) is 83.1 Å². The van der Waals surface area contributed by atoms with E-state index in [0.717, 1.165) is 28.3 Å². The Morgan fingerprint density at radius 2 is 1.59 bits per heavy atom. The second kappa shape index (κ2) is 7.85. The Bertz CT molecular complexity index is 1010. The number of hydrogen-bond acceptors (Lipinski definition) is 6. The minimum Gasteiger partial charge on any atom is -0.449 e. The van der Waals surface area contributed by atoms with E-state index in [1.54, 1.807) is 0 Å². The Hall–Kier alpha value is -3.00. The smallest absolute Gasteiger partial charge is 0.408 e. The van der Waals surface area contributed by atoms with Gasteiger partial charge in [0.05, 0.1) is 19.8 Å². The van der Waals surface area contributed by atoms with E-state index < -0.39 is 23.9 Å². The largest absolute Gasteiger partial charge is 0.449 e. The van der Waals surface area contributed by atoms with Crippen LogP contribution in [-0.4, -0.2) is 50.3 Å². The zero-order valence-electron chi connectivity index (χ0n) is 17.8. The first-order valence-corrected chi connectivity index (χ1v) is 10.6. The van der Waals surface area contributed by atoms with Crippen LogP contribution in [0.3, 0.4) is 0 Å². The van der Waals surface area contributed by atoms with Crippen LogP contribution in [0.2, 0.25) is 0 Å². The monoisotopic (exact) mass is 435 g/mol. The van der Waals surface area contributed by atoms with Gasteiger partial charge in [0.1, 0.15) is 6.61 Å². The molecule has 32 heavy (non-hydrogen) atoms. The fourth-order valence-corrected chi connectivity index (χ4v) is 4.53. The number of fused-ring (bicyclic) bond motifs is 6. The van der Waals surface area contributed by atoms with Crippen molar-refractivity contribution in [1.82, 2.24) is 5.32 Å². The number of carbonyl (C=O) groups excluding carboxylic acids is 2. The number of hydrogen-bond donors (Lipinski definition) is 1. The van der Waals surface area contributed by atoms with Gasteiger partial charge in [-0.05, 0) is 28.3 Å². The van der Waals surface area contributed by atoms with Crippen LogP contribution in [0.5, 0.6) is 0 Å². The van der Waals surface area contributed by atoms with Crippen LogP contribution < -0.4 is 5.32 Å². The lowest BCUT2D eigenvalue weighted by Gasteiger charge is -2.52. The van der Waals surface area contributed by atoms with Crippen molar-refractivity contribution in [3.63, 3.8) is 0 Å². The minimum absolute atomic E-state index is 0.0892. The maximum atomic E-state index is 12.7. The van der Waals surface area contributed by atoms with E-state index in [0.29, 0.717) is 19.8 Å². The van der Waals surface area contributed by atoms with Gasteiger partial charge in [0, 0.05) is 11.3 Å². The van der Waals surface area contributed by atoms with Crippen LogP contribution in [0.25, 0.3) is 11.1 Å². The van der Waals surface area contributed by atoms with E-state index in [9.17, 15) is 9.59 Å². The summed E-state index contributed by atoms with van der Waals surface area (Å²) in [5, 5.41) is 2.58. The molecule has 0 unspecified atom stereocenters. The number of ketones is 1. The normalized spacial score (nSPS) is 26.7. The highest BCUT2D eigenvalue weighted by atomic mass is 16.9. The molecule has 2 aromatic carbocycles. The molecule has 0 saturated carbocycles. The third kappa shape index (κ3) is 3.43. The van der Waals surface area contributed by atoms with Crippen molar-refractivity contribution in [3.8, 4) is 11.1 Å². The Morgan fingerprint density at radius 3 is 2.12 bits per heavy atom. The molecule has 0 radical (unpaired) electrons. The van der Waals surface area contributed by atoms with Crippen molar-refractivity contribution in [3.05, 3.63) is 72.3 Å². The van der Waals surface area contributed by atoms with E-state index in [1.165, 1.54) is 0 Å². The van der Waals surface area contributed by atoms with Gasteiger partial charge in [-0.15, -0.1) is 0 Å². The summed E-state index contributed by atoms with van der Waals surface area (Å²) in [7, 11) is 0. The molecule has 7 nitrogen and oxygen atoms in total. The lowest BCUT2D eigenvalue weighted by molar-refractivity contribution is -0.469. The van der Waals surface area contributed by atoms with Crippen molar-refractivity contribution in [2.75, 3.05) is 26.4 Å². The molecule has 2 aromatic rings.